The summed E-state index contributed by atoms with van der Waals surface area (Å²) in [5.74, 6) is 0.704. The molecule has 0 amide bonds. The fourth-order valence-electron chi connectivity index (χ4n) is 1.79. The molecule has 2 saturated carbocycles. The van der Waals surface area contributed by atoms with E-state index in [0.717, 1.165) is 19.3 Å². The lowest BCUT2D eigenvalue weighted by atomic mass is 10.2. The van der Waals surface area contributed by atoms with Gasteiger partial charge in [0, 0.05) is 0 Å². The van der Waals surface area contributed by atoms with Gasteiger partial charge >= 0.3 is 0 Å². The minimum atomic E-state index is -2.99. The van der Waals surface area contributed by atoms with Crippen LogP contribution < -0.4 is 4.72 Å². The second kappa shape index (κ2) is 2.45. The van der Waals surface area contributed by atoms with E-state index in [2.05, 4.69) is 4.72 Å². The van der Waals surface area contributed by atoms with Crippen molar-refractivity contribution in [1.82, 2.24) is 4.72 Å². The zero-order valence-corrected chi connectivity index (χ0v) is 8.15. The Labute approximate surface area is 73.6 Å². The van der Waals surface area contributed by atoms with Gasteiger partial charge in [0.2, 0.25) is 10.0 Å². The monoisotopic (exact) mass is 189 g/mol. The first kappa shape index (κ1) is 8.51. The molecule has 0 unspecified atom stereocenters. The predicted octanol–water partition coefficient (Wildman–Crippen LogP) is 0.868. The summed E-state index contributed by atoms with van der Waals surface area (Å²) in [5, 5.41) is 0. The molecule has 2 rings (SSSR count). The van der Waals surface area contributed by atoms with Crippen LogP contribution in [0.25, 0.3) is 0 Å². The van der Waals surface area contributed by atoms with Crippen molar-refractivity contribution in [3.63, 3.8) is 0 Å². The second-order valence-electron chi connectivity index (χ2n) is 4.04. The molecule has 0 aromatic heterocycles. The van der Waals surface area contributed by atoms with E-state index in [9.17, 15) is 8.42 Å². The lowest BCUT2D eigenvalue weighted by molar-refractivity contribution is 0.549. The van der Waals surface area contributed by atoms with Crippen molar-refractivity contribution < 1.29 is 8.42 Å². The molecule has 0 bridgehead atoms. The van der Waals surface area contributed by atoms with Crippen molar-refractivity contribution in [2.24, 2.45) is 5.92 Å². The summed E-state index contributed by atoms with van der Waals surface area (Å²) in [4.78, 5) is 0. The summed E-state index contributed by atoms with van der Waals surface area (Å²) in [7, 11) is -1.48. The smallest absolute Gasteiger partial charge is 0.217 e. The van der Waals surface area contributed by atoms with Crippen molar-refractivity contribution >= 4 is 10.0 Å². The Morgan fingerprint density at radius 1 is 1.42 bits per heavy atom. The predicted molar refractivity (Wildman–Crippen MR) is 47.3 cm³/mol. The highest BCUT2D eigenvalue weighted by Crippen LogP contribution is 2.52. The third-order valence-electron chi connectivity index (χ3n) is 3.00. The lowest BCUT2D eigenvalue weighted by Gasteiger charge is -2.14. The molecule has 0 atom stereocenters. The van der Waals surface area contributed by atoms with Crippen LogP contribution in [0, 0.1) is 5.92 Å². The van der Waals surface area contributed by atoms with Gasteiger partial charge in [-0.2, -0.15) is 0 Å². The molecule has 0 heterocycles. The van der Waals surface area contributed by atoms with Gasteiger partial charge in [-0.3, -0.25) is 0 Å². The van der Waals surface area contributed by atoms with E-state index in [1.807, 2.05) is 0 Å². The third kappa shape index (κ3) is 1.27. The molecule has 2 aliphatic carbocycles. The van der Waals surface area contributed by atoms with Crippen molar-refractivity contribution in [1.29, 1.82) is 0 Å². The summed E-state index contributed by atoms with van der Waals surface area (Å²) in [6.45, 7) is 0. The van der Waals surface area contributed by atoms with Gasteiger partial charge in [-0.25, -0.2) is 13.1 Å². The van der Waals surface area contributed by atoms with Crippen LogP contribution >= 0.6 is 0 Å². The largest absolute Gasteiger partial charge is 0.218 e. The highest BCUT2D eigenvalue weighted by molar-refractivity contribution is 7.91. The Kier molecular flexibility index (Phi) is 1.74. The summed E-state index contributed by atoms with van der Waals surface area (Å²) in [6, 6.07) is 0. The van der Waals surface area contributed by atoms with Crippen LogP contribution in [0.2, 0.25) is 0 Å². The minimum Gasteiger partial charge on any atom is -0.218 e. The molecule has 0 aromatic rings. The third-order valence-corrected chi connectivity index (χ3v) is 5.26. The van der Waals surface area contributed by atoms with Crippen LogP contribution in [-0.4, -0.2) is 20.2 Å². The highest BCUT2D eigenvalue weighted by atomic mass is 32.2. The zero-order chi connectivity index (χ0) is 8.82. The Bertz CT molecular complexity index is 275. The molecule has 0 spiro atoms. The summed E-state index contributed by atoms with van der Waals surface area (Å²) in [6.07, 6.45) is 5.11. The van der Waals surface area contributed by atoms with Crippen molar-refractivity contribution in [3.05, 3.63) is 0 Å². The molecule has 0 radical (unpaired) electrons. The van der Waals surface area contributed by atoms with Crippen molar-refractivity contribution in [3.8, 4) is 0 Å². The van der Waals surface area contributed by atoms with E-state index in [0.29, 0.717) is 5.92 Å². The fourth-order valence-corrected chi connectivity index (χ4v) is 3.31. The van der Waals surface area contributed by atoms with E-state index in [-0.39, 0.29) is 4.75 Å². The van der Waals surface area contributed by atoms with Gasteiger partial charge in [0.1, 0.15) is 0 Å². The maximum Gasteiger partial charge on any atom is 0.217 e. The molecule has 12 heavy (non-hydrogen) atoms. The van der Waals surface area contributed by atoms with Crippen LogP contribution in [0.3, 0.4) is 0 Å². The first-order chi connectivity index (χ1) is 5.60. The molecule has 1 N–H and O–H groups in total. The SMILES string of the molecule is CNS(=O)(=O)C1(CC2CC2)CC1. The van der Waals surface area contributed by atoms with Crippen LogP contribution in [0.5, 0.6) is 0 Å². The van der Waals surface area contributed by atoms with Crippen molar-refractivity contribution in [2.75, 3.05) is 7.05 Å². The number of sulfonamides is 1. The molecule has 70 valence electrons. The maximum absolute atomic E-state index is 11.5. The van der Waals surface area contributed by atoms with Gasteiger partial charge in [0.25, 0.3) is 0 Å². The Morgan fingerprint density at radius 3 is 2.33 bits per heavy atom. The molecule has 0 aromatic carbocycles. The van der Waals surface area contributed by atoms with Crippen LogP contribution in [0.1, 0.15) is 32.1 Å². The Balaban J connectivity index is 2.09. The number of rotatable bonds is 4. The fraction of sp³-hybridized carbons (Fsp3) is 1.00. The minimum absolute atomic E-state index is 0.358. The molecule has 0 saturated heterocycles. The second-order valence-corrected chi connectivity index (χ2v) is 6.32. The normalized spacial score (nSPS) is 27.1. The zero-order valence-electron chi connectivity index (χ0n) is 7.34. The molecule has 2 aliphatic rings. The standard InChI is InChI=1S/C8H15NO2S/c1-9-12(10,11)8(4-5-8)6-7-2-3-7/h7,9H,2-6H2,1H3. The van der Waals surface area contributed by atoms with E-state index in [1.54, 1.807) is 0 Å². The van der Waals surface area contributed by atoms with E-state index >= 15 is 0 Å². The van der Waals surface area contributed by atoms with Gasteiger partial charge in [-0.15, -0.1) is 0 Å². The molecule has 4 heteroatoms. The van der Waals surface area contributed by atoms with E-state index in [4.69, 9.17) is 0 Å². The highest BCUT2D eigenvalue weighted by Gasteiger charge is 2.55. The Morgan fingerprint density at radius 2 is 2.00 bits per heavy atom. The average Bonchev–Trinajstić information content (AvgIpc) is 2.86. The number of hydrogen-bond acceptors (Lipinski definition) is 2. The van der Waals surface area contributed by atoms with Gasteiger partial charge in [-0.05, 0) is 32.2 Å². The molecule has 0 aliphatic heterocycles. The molecule has 3 nitrogen and oxygen atoms in total. The van der Waals surface area contributed by atoms with Gasteiger partial charge in [-0.1, -0.05) is 12.8 Å². The number of nitrogens with one attached hydrogen (secondary N) is 1. The summed E-state index contributed by atoms with van der Waals surface area (Å²) in [5.41, 5.74) is 0. The molecular formula is C8H15NO2S. The first-order valence-corrected chi connectivity index (χ1v) is 6.01. The summed E-state index contributed by atoms with van der Waals surface area (Å²) >= 11 is 0. The van der Waals surface area contributed by atoms with Gasteiger partial charge in [0.05, 0.1) is 4.75 Å². The Hall–Kier alpha value is -0.0900. The van der Waals surface area contributed by atoms with Crippen LogP contribution in [0.4, 0.5) is 0 Å². The molecular weight excluding hydrogens is 174 g/mol. The topological polar surface area (TPSA) is 46.2 Å². The quantitative estimate of drug-likeness (QED) is 0.713. The van der Waals surface area contributed by atoms with E-state index in [1.165, 1.54) is 19.9 Å². The van der Waals surface area contributed by atoms with Crippen LogP contribution in [-0.2, 0) is 10.0 Å². The van der Waals surface area contributed by atoms with Crippen LogP contribution in [0.15, 0.2) is 0 Å². The van der Waals surface area contributed by atoms with Gasteiger partial charge in [0.15, 0.2) is 0 Å². The number of hydrogen-bond donors (Lipinski definition) is 1. The van der Waals surface area contributed by atoms with Crippen molar-refractivity contribution in [2.45, 2.75) is 36.9 Å². The van der Waals surface area contributed by atoms with Gasteiger partial charge < -0.3 is 0 Å². The maximum atomic E-state index is 11.5. The van der Waals surface area contributed by atoms with E-state index < -0.39 is 10.0 Å². The summed E-state index contributed by atoms with van der Waals surface area (Å²) < 4.78 is 25.2. The first-order valence-electron chi connectivity index (χ1n) is 4.53. The lowest BCUT2D eigenvalue weighted by Crippen LogP contribution is -2.33. The average molecular weight is 189 g/mol. The molecule has 2 fully saturated rings.